The molecule has 2 N–H and O–H groups in total. The summed E-state index contributed by atoms with van der Waals surface area (Å²) in [5, 5.41) is 15.1. The first-order valence-corrected chi connectivity index (χ1v) is 10.3. The fourth-order valence-electron chi connectivity index (χ4n) is 2.66. The number of para-hydroxylation sites is 1. The van der Waals surface area contributed by atoms with E-state index in [2.05, 4.69) is 10.6 Å². The number of hydrogen-bond donors (Lipinski definition) is 2. The Kier molecular flexibility index (Phi) is 8.03. The molecule has 0 aliphatic heterocycles. The van der Waals surface area contributed by atoms with Gasteiger partial charge in [0.25, 0.3) is 11.8 Å². The van der Waals surface area contributed by atoms with Crippen LogP contribution in [0.5, 0.6) is 5.75 Å². The maximum Gasteiger partial charge on any atom is 0.266 e. The lowest BCUT2D eigenvalue weighted by Crippen LogP contribution is -2.20. The van der Waals surface area contributed by atoms with Gasteiger partial charge in [0, 0.05) is 10.7 Å². The number of halogens is 3. The summed E-state index contributed by atoms with van der Waals surface area (Å²) in [6.07, 6.45) is 1.37. The van der Waals surface area contributed by atoms with Crippen molar-refractivity contribution in [2.45, 2.75) is 0 Å². The van der Waals surface area contributed by atoms with Crippen LogP contribution in [-0.2, 0) is 9.59 Å². The monoisotopic (exact) mass is 483 g/mol. The van der Waals surface area contributed by atoms with E-state index < -0.39 is 24.2 Å². The van der Waals surface area contributed by atoms with Crippen molar-refractivity contribution in [1.29, 1.82) is 5.26 Å². The van der Waals surface area contributed by atoms with Gasteiger partial charge in [-0.25, -0.2) is 4.39 Å². The average Bonchev–Trinajstić information content (AvgIpc) is 2.80. The summed E-state index contributed by atoms with van der Waals surface area (Å²) >= 11 is 12.0. The Morgan fingerprint density at radius 2 is 1.76 bits per heavy atom. The average molecular weight is 484 g/mol. The Bertz CT molecular complexity index is 1250. The van der Waals surface area contributed by atoms with Crippen molar-refractivity contribution in [3.63, 3.8) is 0 Å². The number of hydrogen-bond acceptors (Lipinski definition) is 4. The van der Waals surface area contributed by atoms with Crippen molar-refractivity contribution in [3.05, 3.63) is 93.7 Å². The van der Waals surface area contributed by atoms with Crippen molar-refractivity contribution >= 4 is 52.5 Å². The summed E-state index contributed by atoms with van der Waals surface area (Å²) in [5.74, 6) is -1.51. The van der Waals surface area contributed by atoms with Gasteiger partial charge in [-0.15, -0.1) is 0 Å². The van der Waals surface area contributed by atoms with E-state index in [-0.39, 0.29) is 22.0 Å². The molecule has 2 amide bonds. The molecule has 0 fully saturated rings. The molecule has 0 aliphatic carbocycles. The number of rotatable bonds is 7. The van der Waals surface area contributed by atoms with Gasteiger partial charge in [-0.05, 0) is 60.2 Å². The highest BCUT2D eigenvalue weighted by atomic mass is 35.5. The van der Waals surface area contributed by atoms with Crippen LogP contribution in [0.1, 0.15) is 5.56 Å². The van der Waals surface area contributed by atoms with E-state index in [1.165, 1.54) is 36.4 Å². The molecular formula is C24H16Cl2FN3O3. The molecule has 3 aromatic rings. The predicted octanol–water partition coefficient (Wildman–Crippen LogP) is 5.70. The molecule has 0 aromatic heterocycles. The van der Waals surface area contributed by atoms with Crippen LogP contribution < -0.4 is 15.4 Å². The van der Waals surface area contributed by atoms with Gasteiger partial charge < -0.3 is 15.4 Å². The third-order valence-electron chi connectivity index (χ3n) is 4.24. The lowest BCUT2D eigenvalue weighted by atomic mass is 10.1. The molecule has 0 aliphatic rings. The summed E-state index contributed by atoms with van der Waals surface area (Å²) < 4.78 is 19.0. The van der Waals surface area contributed by atoms with Crippen LogP contribution in [0.4, 0.5) is 15.8 Å². The number of nitrogens with zero attached hydrogens (tertiary/aromatic N) is 1. The highest BCUT2D eigenvalue weighted by Gasteiger charge is 2.12. The number of benzene rings is 3. The van der Waals surface area contributed by atoms with Gasteiger partial charge in [-0.3, -0.25) is 9.59 Å². The molecule has 3 aromatic carbocycles. The third kappa shape index (κ3) is 6.81. The number of nitriles is 1. The third-order valence-corrected chi connectivity index (χ3v) is 4.79. The molecule has 0 saturated carbocycles. The van der Waals surface area contributed by atoms with Crippen LogP contribution in [0.2, 0.25) is 10.0 Å². The van der Waals surface area contributed by atoms with E-state index >= 15 is 0 Å². The van der Waals surface area contributed by atoms with Gasteiger partial charge in [0.05, 0.1) is 10.7 Å². The number of carbonyl (C=O) groups excluding carboxylic acids is 2. The molecule has 0 bridgehead atoms. The molecule has 166 valence electrons. The van der Waals surface area contributed by atoms with Crippen LogP contribution in [0, 0.1) is 17.1 Å². The highest BCUT2D eigenvalue weighted by molar-refractivity contribution is 6.32. The summed E-state index contributed by atoms with van der Waals surface area (Å²) in [7, 11) is 0. The number of amides is 2. The molecule has 0 spiro atoms. The van der Waals surface area contributed by atoms with Crippen LogP contribution in [0.3, 0.4) is 0 Å². The second kappa shape index (κ2) is 11.1. The largest absolute Gasteiger partial charge is 0.482 e. The zero-order chi connectivity index (χ0) is 23.8. The predicted molar refractivity (Wildman–Crippen MR) is 126 cm³/mol. The Balaban J connectivity index is 1.63. The first-order valence-electron chi connectivity index (χ1n) is 9.51. The van der Waals surface area contributed by atoms with Gasteiger partial charge in [0.1, 0.15) is 23.2 Å². The van der Waals surface area contributed by atoms with Crippen LogP contribution in [0.15, 0.2) is 72.3 Å². The van der Waals surface area contributed by atoms with E-state index in [0.717, 1.165) is 0 Å². The van der Waals surface area contributed by atoms with Crippen LogP contribution >= 0.6 is 23.2 Å². The smallest absolute Gasteiger partial charge is 0.266 e. The molecule has 6 nitrogen and oxygen atoms in total. The molecular weight excluding hydrogens is 468 g/mol. The summed E-state index contributed by atoms with van der Waals surface area (Å²) in [6.45, 7) is -0.393. The Morgan fingerprint density at radius 1 is 1.03 bits per heavy atom. The minimum Gasteiger partial charge on any atom is -0.482 e. The van der Waals surface area contributed by atoms with Crippen LogP contribution in [0.25, 0.3) is 6.08 Å². The fourth-order valence-corrected chi connectivity index (χ4v) is 3.03. The number of ether oxygens (including phenoxy) is 1. The lowest BCUT2D eigenvalue weighted by molar-refractivity contribution is -0.118. The molecule has 0 radical (unpaired) electrons. The maximum atomic E-state index is 13.6. The van der Waals surface area contributed by atoms with E-state index in [9.17, 15) is 19.2 Å². The van der Waals surface area contributed by atoms with E-state index in [1.54, 1.807) is 36.4 Å². The molecule has 0 saturated heterocycles. The maximum absolute atomic E-state index is 13.6. The second-order valence-electron chi connectivity index (χ2n) is 6.64. The molecule has 33 heavy (non-hydrogen) atoms. The first-order chi connectivity index (χ1) is 15.9. The first kappa shape index (κ1) is 23.8. The molecule has 0 atom stereocenters. The van der Waals surface area contributed by atoms with Crippen molar-refractivity contribution in [2.24, 2.45) is 0 Å². The quantitative estimate of drug-likeness (QED) is 0.333. The minimum atomic E-state index is -0.596. The molecule has 0 heterocycles. The second-order valence-corrected chi connectivity index (χ2v) is 7.48. The summed E-state index contributed by atoms with van der Waals surface area (Å²) in [5.41, 5.74) is 0.865. The molecule has 0 unspecified atom stereocenters. The Labute approximate surface area is 199 Å². The van der Waals surface area contributed by atoms with Crippen molar-refractivity contribution < 1.29 is 18.7 Å². The van der Waals surface area contributed by atoms with Gasteiger partial charge in [-0.1, -0.05) is 41.4 Å². The van der Waals surface area contributed by atoms with E-state index in [4.69, 9.17) is 27.9 Å². The van der Waals surface area contributed by atoms with Crippen LogP contribution in [-0.4, -0.2) is 18.4 Å². The molecule has 9 heteroatoms. The van der Waals surface area contributed by atoms with Gasteiger partial charge in [0.15, 0.2) is 6.61 Å². The fraction of sp³-hybridized carbons (Fsp3) is 0.0417. The van der Waals surface area contributed by atoms with Crippen molar-refractivity contribution in [1.82, 2.24) is 0 Å². The lowest BCUT2D eigenvalue weighted by Gasteiger charge is -2.10. The number of carbonyl (C=O) groups is 2. The van der Waals surface area contributed by atoms with Crippen molar-refractivity contribution in [2.75, 3.05) is 17.2 Å². The number of anilines is 2. The zero-order valence-corrected chi connectivity index (χ0v) is 18.5. The van der Waals surface area contributed by atoms with Crippen molar-refractivity contribution in [3.8, 4) is 11.8 Å². The Hall–Kier alpha value is -3.86. The zero-order valence-electron chi connectivity index (χ0n) is 16.9. The SMILES string of the molecule is N#C/C(=C/c1ccc(OCC(=O)Nc2ccccc2F)c(Cl)c1)C(=O)Nc1ccc(Cl)cc1. The Morgan fingerprint density at radius 3 is 2.42 bits per heavy atom. The van der Waals surface area contributed by atoms with E-state index in [0.29, 0.717) is 16.3 Å². The summed E-state index contributed by atoms with van der Waals surface area (Å²) in [4.78, 5) is 24.4. The van der Waals surface area contributed by atoms with Gasteiger partial charge in [0.2, 0.25) is 0 Å². The number of nitrogens with one attached hydrogen (secondary N) is 2. The normalized spacial score (nSPS) is 10.8. The van der Waals surface area contributed by atoms with E-state index in [1.807, 2.05) is 6.07 Å². The van der Waals surface area contributed by atoms with Gasteiger partial charge in [-0.2, -0.15) is 5.26 Å². The summed E-state index contributed by atoms with van der Waals surface area (Å²) in [6, 6.07) is 18.6. The topological polar surface area (TPSA) is 91.2 Å². The minimum absolute atomic E-state index is 0.0404. The van der Waals surface area contributed by atoms with Gasteiger partial charge >= 0.3 is 0 Å². The molecule has 3 rings (SSSR count). The standard InChI is InChI=1S/C24H16Cl2FN3O3/c25-17-6-8-18(9-7-17)29-24(32)16(13-28)11-15-5-10-22(19(26)12-15)33-14-23(31)30-21-4-2-1-3-20(21)27/h1-12H,14H2,(H,29,32)(H,30,31)/b16-11-. The highest BCUT2D eigenvalue weighted by Crippen LogP contribution is 2.27.